The van der Waals surface area contributed by atoms with Crippen molar-refractivity contribution in [1.29, 1.82) is 0 Å². The van der Waals surface area contributed by atoms with E-state index in [9.17, 15) is 18.3 Å². The van der Waals surface area contributed by atoms with Crippen LogP contribution in [0, 0.1) is 0 Å². The van der Waals surface area contributed by atoms with Gasteiger partial charge in [0.05, 0.1) is 18.2 Å². The standard InChI is InChI=1S/C13H18F3N3O3/c14-13(15,16)11-17-10(22-18-11)8-19-5-3-12(4-6-19)9(20)2-1-7-21-12/h9,20H,1-8H2/t9-/m1/s1. The maximum absolute atomic E-state index is 12.4. The number of hydrogen-bond acceptors (Lipinski definition) is 6. The molecule has 0 radical (unpaired) electrons. The van der Waals surface area contributed by atoms with Crippen LogP contribution in [0.15, 0.2) is 4.52 Å². The van der Waals surface area contributed by atoms with Crippen LogP contribution in [-0.4, -0.2) is 51.5 Å². The Balaban J connectivity index is 1.57. The zero-order valence-corrected chi connectivity index (χ0v) is 12.0. The van der Waals surface area contributed by atoms with Crippen LogP contribution in [-0.2, 0) is 17.5 Å². The van der Waals surface area contributed by atoms with Crippen molar-refractivity contribution in [1.82, 2.24) is 15.0 Å². The van der Waals surface area contributed by atoms with Crippen LogP contribution in [0.5, 0.6) is 0 Å². The van der Waals surface area contributed by atoms with Gasteiger partial charge in [0.15, 0.2) is 0 Å². The molecule has 0 bridgehead atoms. The number of ether oxygens (including phenoxy) is 1. The quantitative estimate of drug-likeness (QED) is 0.892. The molecule has 1 aromatic rings. The molecule has 1 N–H and O–H groups in total. The van der Waals surface area contributed by atoms with Gasteiger partial charge in [-0.3, -0.25) is 4.90 Å². The third kappa shape index (κ3) is 3.11. The lowest BCUT2D eigenvalue weighted by Gasteiger charge is -2.46. The summed E-state index contributed by atoms with van der Waals surface area (Å²) in [6, 6.07) is 0. The van der Waals surface area contributed by atoms with E-state index in [1.165, 1.54) is 0 Å². The number of nitrogens with zero attached hydrogens (tertiary/aromatic N) is 3. The summed E-state index contributed by atoms with van der Waals surface area (Å²) < 4.78 is 47.7. The van der Waals surface area contributed by atoms with Gasteiger partial charge in [-0.25, -0.2) is 0 Å². The number of hydrogen-bond donors (Lipinski definition) is 1. The summed E-state index contributed by atoms with van der Waals surface area (Å²) in [5.41, 5.74) is -0.499. The van der Waals surface area contributed by atoms with Crippen LogP contribution in [0.3, 0.4) is 0 Å². The normalized spacial score (nSPS) is 26.5. The Kier molecular flexibility index (Phi) is 4.13. The van der Waals surface area contributed by atoms with Gasteiger partial charge in [-0.2, -0.15) is 18.2 Å². The highest BCUT2D eigenvalue weighted by Gasteiger charge is 2.44. The van der Waals surface area contributed by atoms with E-state index in [-0.39, 0.29) is 12.4 Å². The van der Waals surface area contributed by atoms with E-state index in [4.69, 9.17) is 4.74 Å². The molecule has 0 aliphatic carbocycles. The summed E-state index contributed by atoms with van der Waals surface area (Å²) in [6.45, 7) is 2.05. The van der Waals surface area contributed by atoms with Crippen LogP contribution >= 0.6 is 0 Å². The SMILES string of the molecule is O[C@@H]1CCCOC12CCN(Cc1nc(C(F)(F)F)no1)CC2. The second kappa shape index (κ2) is 5.78. The molecule has 1 aromatic heterocycles. The smallest absolute Gasteiger partial charge is 0.390 e. The molecule has 0 aromatic carbocycles. The summed E-state index contributed by atoms with van der Waals surface area (Å²) in [6.07, 6.45) is -2.17. The second-order valence-electron chi connectivity index (χ2n) is 5.86. The van der Waals surface area contributed by atoms with Gasteiger partial charge in [0.25, 0.3) is 5.82 Å². The predicted octanol–water partition coefficient (Wildman–Crippen LogP) is 1.59. The van der Waals surface area contributed by atoms with E-state index in [1.54, 1.807) is 0 Å². The summed E-state index contributed by atoms with van der Waals surface area (Å²) >= 11 is 0. The zero-order valence-electron chi connectivity index (χ0n) is 12.0. The van der Waals surface area contributed by atoms with E-state index in [0.717, 1.165) is 12.8 Å². The lowest BCUT2D eigenvalue weighted by atomic mass is 9.82. The topological polar surface area (TPSA) is 71.6 Å². The highest BCUT2D eigenvalue weighted by atomic mass is 19.4. The molecule has 6 nitrogen and oxygen atoms in total. The van der Waals surface area contributed by atoms with Crippen molar-refractivity contribution in [3.05, 3.63) is 11.7 Å². The molecule has 3 heterocycles. The van der Waals surface area contributed by atoms with E-state index in [0.29, 0.717) is 32.5 Å². The molecule has 9 heteroatoms. The van der Waals surface area contributed by atoms with Crippen LogP contribution in [0.4, 0.5) is 13.2 Å². The van der Waals surface area contributed by atoms with Crippen LogP contribution < -0.4 is 0 Å². The minimum Gasteiger partial charge on any atom is -0.390 e. The van der Waals surface area contributed by atoms with Crippen molar-refractivity contribution in [2.75, 3.05) is 19.7 Å². The number of aromatic nitrogens is 2. The number of piperidine rings is 1. The molecule has 1 atom stereocenters. The van der Waals surface area contributed by atoms with Crippen molar-refractivity contribution >= 4 is 0 Å². The lowest BCUT2D eigenvalue weighted by molar-refractivity contribution is -0.177. The van der Waals surface area contributed by atoms with E-state index >= 15 is 0 Å². The fourth-order valence-electron chi connectivity index (χ4n) is 3.10. The lowest BCUT2D eigenvalue weighted by Crippen LogP contribution is -2.55. The maximum atomic E-state index is 12.4. The maximum Gasteiger partial charge on any atom is 0.455 e. The van der Waals surface area contributed by atoms with Crippen molar-refractivity contribution in [2.45, 2.75) is 50.1 Å². The first-order chi connectivity index (χ1) is 10.4. The van der Waals surface area contributed by atoms with Crippen LogP contribution in [0.25, 0.3) is 0 Å². The molecule has 2 aliphatic rings. The van der Waals surface area contributed by atoms with Crippen molar-refractivity contribution in [2.24, 2.45) is 0 Å². The Bertz CT molecular complexity index is 512. The van der Waals surface area contributed by atoms with E-state index in [1.807, 2.05) is 4.90 Å². The Labute approximate surface area is 125 Å². The largest absolute Gasteiger partial charge is 0.455 e. The van der Waals surface area contributed by atoms with E-state index < -0.39 is 23.7 Å². The molecule has 1 spiro atoms. The van der Waals surface area contributed by atoms with Gasteiger partial charge in [-0.15, -0.1) is 0 Å². The first-order valence-corrected chi connectivity index (χ1v) is 7.33. The molecule has 2 saturated heterocycles. The van der Waals surface area contributed by atoms with Gasteiger partial charge in [0, 0.05) is 19.7 Å². The van der Waals surface area contributed by atoms with Gasteiger partial charge >= 0.3 is 6.18 Å². The minimum atomic E-state index is -4.59. The molecule has 2 aliphatic heterocycles. The van der Waals surface area contributed by atoms with Crippen molar-refractivity contribution < 1.29 is 27.5 Å². The molecule has 0 amide bonds. The summed E-state index contributed by atoms with van der Waals surface area (Å²) in [5.74, 6) is -1.30. The monoisotopic (exact) mass is 321 g/mol. The average molecular weight is 321 g/mol. The number of halogens is 3. The Morgan fingerprint density at radius 3 is 2.64 bits per heavy atom. The van der Waals surface area contributed by atoms with Crippen LogP contribution in [0.2, 0.25) is 0 Å². The van der Waals surface area contributed by atoms with Crippen molar-refractivity contribution in [3.63, 3.8) is 0 Å². The van der Waals surface area contributed by atoms with Crippen molar-refractivity contribution in [3.8, 4) is 0 Å². The van der Waals surface area contributed by atoms with Gasteiger partial charge in [0.1, 0.15) is 0 Å². The summed E-state index contributed by atoms with van der Waals surface area (Å²) in [7, 11) is 0. The number of likely N-dealkylation sites (tertiary alicyclic amines) is 1. The minimum absolute atomic E-state index is 0.0478. The molecule has 3 rings (SSSR count). The highest BCUT2D eigenvalue weighted by Crippen LogP contribution is 2.35. The average Bonchev–Trinajstić information content (AvgIpc) is 2.93. The summed E-state index contributed by atoms with van der Waals surface area (Å²) in [5, 5.41) is 13.1. The molecule has 22 heavy (non-hydrogen) atoms. The number of aliphatic hydroxyl groups excluding tert-OH is 1. The molecule has 0 unspecified atom stereocenters. The van der Waals surface area contributed by atoms with Gasteiger partial charge in [-0.1, -0.05) is 5.16 Å². The Morgan fingerprint density at radius 1 is 1.32 bits per heavy atom. The molecular weight excluding hydrogens is 303 g/mol. The highest BCUT2D eigenvalue weighted by molar-refractivity contribution is 4.97. The van der Waals surface area contributed by atoms with Gasteiger partial charge in [0.2, 0.25) is 5.89 Å². The zero-order chi connectivity index (χ0) is 15.8. The third-order valence-corrected chi connectivity index (χ3v) is 4.40. The Morgan fingerprint density at radius 2 is 2.05 bits per heavy atom. The Hall–Kier alpha value is -1.19. The first kappa shape index (κ1) is 15.7. The first-order valence-electron chi connectivity index (χ1n) is 7.33. The predicted molar refractivity (Wildman–Crippen MR) is 67.7 cm³/mol. The number of alkyl halides is 3. The van der Waals surface area contributed by atoms with Gasteiger partial charge in [-0.05, 0) is 25.7 Å². The van der Waals surface area contributed by atoms with Crippen LogP contribution in [0.1, 0.15) is 37.4 Å². The second-order valence-corrected chi connectivity index (χ2v) is 5.86. The fourth-order valence-corrected chi connectivity index (χ4v) is 3.10. The molecule has 2 fully saturated rings. The molecular formula is C13H18F3N3O3. The third-order valence-electron chi connectivity index (χ3n) is 4.40. The van der Waals surface area contributed by atoms with Gasteiger partial charge < -0.3 is 14.4 Å². The molecule has 124 valence electrons. The number of aliphatic hydroxyl groups is 1. The summed E-state index contributed by atoms with van der Waals surface area (Å²) in [4.78, 5) is 5.30. The number of rotatable bonds is 2. The molecule has 0 saturated carbocycles. The fraction of sp³-hybridized carbons (Fsp3) is 0.846. The van der Waals surface area contributed by atoms with E-state index in [2.05, 4.69) is 14.7 Å².